The van der Waals surface area contributed by atoms with Gasteiger partial charge in [0.25, 0.3) is 0 Å². The molecule has 10 saturated heterocycles. The Balaban J connectivity index is 0.000000126. The summed E-state index contributed by atoms with van der Waals surface area (Å²) >= 11 is 0. The largest absolute Gasteiger partial charge is 0.463 e. The van der Waals surface area contributed by atoms with Crippen LogP contribution in [0.25, 0.3) is 0 Å². The van der Waals surface area contributed by atoms with Crippen LogP contribution in [0.1, 0.15) is 290 Å². The number of esters is 7. The van der Waals surface area contributed by atoms with Gasteiger partial charge in [-0.05, 0) is 149 Å². The van der Waals surface area contributed by atoms with Gasteiger partial charge in [0.2, 0.25) is 0 Å². The van der Waals surface area contributed by atoms with Crippen molar-refractivity contribution in [1.29, 1.82) is 0 Å². The van der Waals surface area contributed by atoms with Gasteiger partial charge >= 0.3 is 41.8 Å². The van der Waals surface area contributed by atoms with E-state index in [-0.39, 0.29) is 125 Å². The topological polar surface area (TPSA) is 387 Å². The molecule has 20 rings (SSSR count). The number of hydrogen-bond acceptors (Lipinski definition) is 36. The zero-order chi connectivity index (χ0) is 97.4. The van der Waals surface area contributed by atoms with Crippen molar-refractivity contribution in [3.8, 4) is 0 Å². The van der Waals surface area contributed by atoms with E-state index in [0.29, 0.717) is 89.2 Å². The van der Waals surface area contributed by atoms with Crippen molar-refractivity contribution >= 4 is 41.8 Å². The maximum absolute atomic E-state index is 12.1. The molecule has 0 bridgehead atoms. The van der Waals surface area contributed by atoms with Crippen molar-refractivity contribution in [2.75, 3.05) is 106 Å². The summed E-state index contributed by atoms with van der Waals surface area (Å²) in [5.41, 5.74) is 1.09. The van der Waals surface area contributed by atoms with Gasteiger partial charge in [0.1, 0.15) is 125 Å². The van der Waals surface area contributed by atoms with Crippen molar-refractivity contribution in [3.63, 3.8) is 0 Å². The molecule has 36 heteroatoms. The second-order valence-electron chi connectivity index (χ2n) is 41.2. The van der Waals surface area contributed by atoms with E-state index in [2.05, 4.69) is 32.9 Å². The smallest absolute Gasteiger partial charge is 0.344 e. The van der Waals surface area contributed by atoms with Crippen LogP contribution in [0.5, 0.6) is 0 Å². The SMILES string of the molecule is C=C(C)C(=O)OCCC(=O)OCC1OC2(CCCC2)OC1C1COC2(CCCC2)O1.C=C(C)C(=O)OCCCOCC1OC2(CCCC2)OC1C1COC2(CCCC2)O1.C=C(C)C(=O)OCCOCC1OC2(CCCC2)OC1C1COC2(CCCC2)O1.C=CC(=O)OCC(=O)OCC1OC2(CCCC2)OC1C1COC2(CCCC2)O1.C=CC(=O)OCC1OC2(CCCC2)OC1C1COC2(CCCC2)O1. The highest BCUT2D eigenvalue weighted by Gasteiger charge is 2.63. The van der Waals surface area contributed by atoms with Gasteiger partial charge < -0.3 is 137 Å². The highest BCUT2D eigenvalue weighted by molar-refractivity contribution is 5.88. The fraction of sp³-hybridized carbons (Fsp3) is 0.835. The zero-order valence-electron chi connectivity index (χ0n) is 82.1. The van der Waals surface area contributed by atoms with Crippen LogP contribution in [0.2, 0.25) is 0 Å². The van der Waals surface area contributed by atoms with Crippen LogP contribution >= 0.6 is 0 Å². The Bertz CT molecular complexity index is 4120. The molecule has 15 unspecified atom stereocenters. The Kier molecular flexibility index (Phi) is 36.4. The van der Waals surface area contributed by atoms with Crippen LogP contribution < -0.4 is 0 Å². The Hall–Kier alpha value is -5.89. The summed E-state index contributed by atoms with van der Waals surface area (Å²) in [6, 6.07) is 0. The first-order valence-electron chi connectivity index (χ1n) is 52.0. The average molecular weight is 1970 g/mol. The summed E-state index contributed by atoms with van der Waals surface area (Å²) in [7, 11) is 0. The molecule has 20 aliphatic rings. The van der Waals surface area contributed by atoms with Crippen molar-refractivity contribution in [2.45, 2.75) is 440 Å². The summed E-state index contributed by atoms with van der Waals surface area (Å²) < 4.78 is 172. The maximum atomic E-state index is 12.1. The van der Waals surface area contributed by atoms with Crippen LogP contribution in [0, 0.1) is 0 Å². The molecular weight excluding hydrogens is 1810 g/mol. The van der Waals surface area contributed by atoms with Gasteiger partial charge in [-0.15, -0.1) is 0 Å². The molecule has 10 heterocycles. The first-order valence-corrected chi connectivity index (χ1v) is 52.0. The third kappa shape index (κ3) is 26.9. The van der Waals surface area contributed by atoms with Gasteiger partial charge in [-0.2, -0.15) is 0 Å². The Morgan fingerprint density at radius 1 is 0.259 bits per heavy atom. The normalized spacial score (nSPS) is 33.1. The molecule has 20 fully saturated rings. The highest BCUT2D eigenvalue weighted by atomic mass is 16.8. The molecule has 10 aliphatic carbocycles. The molecule has 0 aromatic carbocycles. The molecule has 0 radical (unpaired) electrons. The van der Waals surface area contributed by atoms with E-state index < -0.39 is 113 Å². The lowest BCUT2D eigenvalue weighted by atomic mass is 10.1. The van der Waals surface area contributed by atoms with E-state index >= 15 is 0 Å². The third-order valence-corrected chi connectivity index (χ3v) is 30.4. The van der Waals surface area contributed by atoms with Crippen molar-refractivity contribution < 1.29 is 171 Å². The van der Waals surface area contributed by atoms with Crippen molar-refractivity contribution in [1.82, 2.24) is 0 Å². The number of carbonyl (C=O) groups excluding carboxylic acids is 7. The molecule has 0 aromatic heterocycles. The second kappa shape index (κ2) is 47.7. The zero-order valence-corrected chi connectivity index (χ0v) is 82.1. The molecule has 0 amide bonds. The molecule has 780 valence electrons. The van der Waals surface area contributed by atoms with Crippen LogP contribution in [0.3, 0.4) is 0 Å². The highest BCUT2D eigenvalue weighted by Crippen LogP contribution is 2.54. The van der Waals surface area contributed by atoms with E-state index in [9.17, 15) is 33.6 Å². The number of carbonyl (C=O) groups is 7. The molecule has 36 nitrogen and oxygen atoms in total. The molecule has 0 aromatic rings. The Morgan fingerprint density at radius 3 is 0.777 bits per heavy atom. The van der Waals surface area contributed by atoms with Gasteiger partial charge in [0.05, 0.1) is 65.9 Å². The molecule has 15 atom stereocenters. The first kappa shape index (κ1) is 106. The van der Waals surface area contributed by atoms with Crippen LogP contribution in [0.15, 0.2) is 61.8 Å². The van der Waals surface area contributed by atoms with E-state index in [1.165, 1.54) is 6.08 Å². The third-order valence-electron chi connectivity index (χ3n) is 30.4. The fourth-order valence-electron chi connectivity index (χ4n) is 23.4. The Labute approximate surface area is 816 Å². The lowest BCUT2D eigenvalue weighted by molar-refractivity contribution is -0.195. The average Bonchev–Trinajstić information content (AvgIpc) is 1.62. The van der Waals surface area contributed by atoms with Gasteiger partial charge in [-0.25, -0.2) is 28.8 Å². The van der Waals surface area contributed by atoms with Crippen LogP contribution in [0.4, 0.5) is 0 Å². The number of hydrogen-bond donors (Lipinski definition) is 0. The van der Waals surface area contributed by atoms with E-state index in [1.807, 2.05) is 0 Å². The maximum Gasteiger partial charge on any atom is 0.344 e. The summed E-state index contributed by atoms with van der Waals surface area (Å²) in [6.07, 6.45) is 39.3. The minimum absolute atomic E-state index is 0.0176. The molecule has 10 aliphatic heterocycles. The first-order chi connectivity index (χ1) is 67.1. The van der Waals surface area contributed by atoms with Crippen molar-refractivity contribution in [3.05, 3.63) is 61.8 Å². The summed E-state index contributed by atoms with van der Waals surface area (Å²) in [5.74, 6) is -8.43. The van der Waals surface area contributed by atoms with Crippen LogP contribution in [-0.2, 0) is 171 Å². The van der Waals surface area contributed by atoms with Gasteiger partial charge in [0, 0.05) is 170 Å². The molecular formula is C103H152O36. The minimum atomic E-state index is -0.668. The summed E-state index contributed by atoms with van der Waals surface area (Å²) in [5, 5.41) is 0. The summed E-state index contributed by atoms with van der Waals surface area (Å²) in [4.78, 5) is 80.7. The quantitative estimate of drug-likeness (QED) is 0.0261. The standard InChI is InChI=1S/C22H32O8.C22H34O7.C21H32O7.C20H28O8.C18H26O6/c1-15(2)20(24)25-12-7-18(23)26-13-16-19(30-22(29-16)10-5-6-11-22)17-14-27-21(28-17)8-3-4-9-21;1-16(2)20(23)25-13-7-12-24-14-17-19(29-22(28-17)10-5-6-11-22)18-15-26-21(27-18)8-3-4-9-21;1-15(2)19(22)24-12-11-23-13-16-18(28-21(27-16)9-5-6-10-21)17-14-25-20(26-17)7-3-4-8-20;1-2-16(21)24-13-17(22)23-11-14-18(28-20(27-14)9-5-6-10-20)15-12-25-19(26-15)7-3-4-8-19;1-2-15(19)20-11-13-16(24-18(23-13)9-5-6-10-18)14-12-21-17(22-14)7-3-4-8-17/h16-17,19H,1,3-14H2,2H3;17-19H,1,3-15H2,2H3;16-18H,1,3-14H2,2H3;2,14-15,18H,1,3-13H2;2,13-14,16H,1,3-12H2. The van der Waals surface area contributed by atoms with E-state index in [1.54, 1.807) is 20.8 Å². The molecule has 0 N–H and O–H groups in total. The summed E-state index contributed by atoms with van der Waals surface area (Å²) in [6.45, 7) is 26.6. The lowest BCUT2D eigenvalue weighted by Crippen LogP contribution is -2.41. The predicted octanol–water partition coefficient (Wildman–Crippen LogP) is 13.3. The predicted molar refractivity (Wildman–Crippen MR) is 487 cm³/mol. The van der Waals surface area contributed by atoms with Crippen LogP contribution in [-0.4, -0.2) is 297 Å². The molecule has 10 saturated carbocycles. The van der Waals surface area contributed by atoms with E-state index in [4.69, 9.17) is 137 Å². The monoisotopic (exact) mass is 1970 g/mol. The number of ether oxygens (including phenoxy) is 29. The van der Waals surface area contributed by atoms with Gasteiger partial charge in [-0.1, -0.05) is 32.9 Å². The minimum Gasteiger partial charge on any atom is -0.463 e. The molecule has 139 heavy (non-hydrogen) atoms. The number of rotatable bonds is 32. The fourth-order valence-corrected chi connectivity index (χ4v) is 23.4. The second-order valence-corrected chi connectivity index (χ2v) is 41.2. The van der Waals surface area contributed by atoms with E-state index in [0.717, 1.165) is 263 Å². The van der Waals surface area contributed by atoms with Crippen molar-refractivity contribution in [2.24, 2.45) is 0 Å². The molecule has 10 spiro atoms. The van der Waals surface area contributed by atoms with Gasteiger partial charge in [-0.3, -0.25) is 4.79 Å². The lowest BCUT2D eigenvalue weighted by Gasteiger charge is -2.26. The van der Waals surface area contributed by atoms with Gasteiger partial charge in [0.15, 0.2) is 64.5 Å². The Morgan fingerprint density at radius 2 is 0.496 bits per heavy atom.